The Morgan fingerprint density at radius 2 is 2.60 bits per heavy atom. The van der Waals surface area contributed by atoms with Crippen molar-refractivity contribution in [3.63, 3.8) is 0 Å². The van der Waals surface area contributed by atoms with Gasteiger partial charge in [0.25, 0.3) is 0 Å². The van der Waals surface area contributed by atoms with E-state index in [1.54, 1.807) is 19.4 Å². The van der Waals surface area contributed by atoms with Crippen LogP contribution < -0.4 is 5.32 Å². The molecule has 0 spiro atoms. The van der Waals surface area contributed by atoms with Gasteiger partial charge in [0.15, 0.2) is 0 Å². The molecule has 0 amide bonds. The fourth-order valence-electron chi connectivity index (χ4n) is 0.215. The Balaban J connectivity index is 2.18. The Bertz CT molecular complexity index is 40.8. The molecular formula is C4H4N. The van der Waals surface area contributed by atoms with Crippen molar-refractivity contribution < 1.29 is 1.37 Å². The molecule has 5 radical (unpaired) electrons. The highest BCUT2D eigenvalue weighted by Crippen LogP contribution is 1.99. The number of hydrogen-bond donors (Lipinski definition) is 0. The first-order valence-corrected chi connectivity index (χ1v) is 1.44. The lowest BCUT2D eigenvalue weighted by Crippen LogP contribution is -1.79. The number of nitrogens with zero attached hydrogens (tertiary/aromatic N) is 1. The number of rotatable bonds is 0. The molecule has 5 heavy (non-hydrogen) atoms. The van der Waals surface area contributed by atoms with Gasteiger partial charge in [-0.15, -0.1) is 0 Å². The molecular weight excluding hydrogens is 62.1 g/mol. The van der Waals surface area contributed by atoms with Crippen LogP contribution in [0.15, 0.2) is 0 Å². The van der Waals surface area contributed by atoms with E-state index in [0.717, 1.165) is 0 Å². The van der Waals surface area contributed by atoms with Crippen molar-refractivity contribution in [2.75, 3.05) is 0 Å². The van der Waals surface area contributed by atoms with Gasteiger partial charge in [-0.2, -0.15) is 0 Å². The smallest absolute Gasteiger partial charge is 0.0503 e. The van der Waals surface area contributed by atoms with Crippen molar-refractivity contribution in [2.45, 2.75) is 0 Å². The molecule has 0 atom stereocenters. The topological polar surface area (TPSA) is 14.1 Å². The fraction of sp³-hybridized carbons (Fsp3) is 0. The minimum absolute atomic E-state index is 0.343. The predicted octanol–water partition coefficient (Wildman–Crippen LogP) is 0.337. The Kier molecular flexibility index (Phi) is 0.618. The predicted molar refractivity (Wildman–Crippen MR) is 19.3 cm³/mol. The molecule has 1 aliphatic heterocycles. The van der Waals surface area contributed by atoms with Crippen LogP contribution in [0, 0.1) is 25.9 Å². The van der Waals surface area contributed by atoms with Crippen molar-refractivity contribution in [3.8, 4) is 0 Å². The first-order valence-electron chi connectivity index (χ1n) is 1.94. The van der Waals surface area contributed by atoms with E-state index in [1.165, 1.54) is 0 Å². The van der Waals surface area contributed by atoms with Crippen LogP contribution in [0.5, 0.6) is 0 Å². The zero-order chi connectivity index (χ0) is 4.41. The molecule has 0 saturated carbocycles. The molecule has 25 valence electrons. The largest absolute Gasteiger partial charge is 0.231 e. The lowest BCUT2D eigenvalue weighted by molar-refractivity contribution is 1.06. The molecule has 0 unspecified atom stereocenters. The van der Waals surface area contributed by atoms with E-state index >= 15 is 0 Å². The monoisotopic (exact) mass is 67.0 g/mol. The first kappa shape index (κ1) is 2.19. The van der Waals surface area contributed by atoms with Crippen molar-refractivity contribution in [1.82, 2.24) is 5.32 Å². The molecule has 0 aromatic heterocycles. The summed E-state index contributed by atoms with van der Waals surface area (Å²) >= 11 is 0. The van der Waals surface area contributed by atoms with Crippen molar-refractivity contribution >= 4 is 0 Å². The van der Waals surface area contributed by atoms with E-state index in [2.05, 4.69) is 5.32 Å². The second-order valence-electron chi connectivity index (χ2n) is 0.766. The molecule has 0 aromatic carbocycles. The Morgan fingerprint density at radius 3 is 2.80 bits per heavy atom. The second-order valence-corrected chi connectivity index (χ2v) is 0.766. The molecule has 0 aliphatic carbocycles. The van der Waals surface area contributed by atoms with Gasteiger partial charge in [-0.3, -0.25) is 0 Å². The average Bonchev–Trinajstić information content (AvgIpc) is 1.86. The van der Waals surface area contributed by atoms with Crippen molar-refractivity contribution in [1.29, 1.82) is 0 Å². The third-order valence-corrected chi connectivity index (χ3v) is 0.406. The zero-order valence-electron chi connectivity index (χ0n) is 3.68. The molecule has 1 nitrogen and oxygen atoms in total. The molecule has 0 aromatic rings. The Hall–Kier alpha value is -0.0400. The van der Waals surface area contributed by atoms with Crippen LogP contribution in [-0.2, 0) is 0 Å². The standard InChI is InChI=1S/C4H4N/c1-2-4-5-3-1/h1-4H/i3D. The van der Waals surface area contributed by atoms with Gasteiger partial charge in [0.1, 0.15) is 0 Å². The van der Waals surface area contributed by atoms with Gasteiger partial charge in [-0.1, -0.05) is 0 Å². The molecule has 1 rings (SSSR count). The first-order chi connectivity index (χ1) is 2.89. The Labute approximate surface area is 33.8 Å². The second kappa shape index (κ2) is 1.41. The highest BCUT2D eigenvalue weighted by atomic mass is 14.9. The third kappa shape index (κ3) is 0.618. The summed E-state index contributed by atoms with van der Waals surface area (Å²) in [4.78, 5) is 0. The van der Waals surface area contributed by atoms with E-state index in [9.17, 15) is 0 Å². The minimum atomic E-state index is 0.343. The maximum Gasteiger partial charge on any atom is 0.0503 e. The van der Waals surface area contributed by atoms with Crippen LogP contribution in [-0.4, -0.2) is 0 Å². The summed E-state index contributed by atoms with van der Waals surface area (Å²) in [5.41, 5.74) is 0. The summed E-state index contributed by atoms with van der Waals surface area (Å²) < 4.78 is 6.76. The maximum absolute atomic E-state index is 6.76. The Morgan fingerprint density at radius 1 is 1.60 bits per heavy atom. The van der Waals surface area contributed by atoms with Gasteiger partial charge in [0, 0.05) is 13.1 Å². The summed E-state index contributed by atoms with van der Waals surface area (Å²) in [5.74, 6) is 0. The number of hydrogen-bond acceptors (Lipinski definition) is 0. The third-order valence-electron chi connectivity index (χ3n) is 0.406. The van der Waals surface area contributed by atoms with E-state index in [-0.39, 0.29) is 0 Å². The molecule has 0 N–H and O–H groups in total. The van der Waals surface area contributed by atoms with Crippen LogP contribution in [0.1, 0.15) is 1.37 Å². The minimum Gasteiger partial charge on any atom is -0.231 e. The van der Waals surface area contributed by atoms with Gasteiger partial charge in [-0.05, 0) is 12.8 Å². The molecule has 1 fully saturated rings. The fourth-order valence-corrected chi connectivity index (χ4v) is 0.215. The van der Waals surface area contributed by atoms with E-state index < -0.39 is 0 Å². The van der Waals surface area contributed by atoms with Crippen LogP contribution in [0.4, 0.5) is 0 Å². The van der Waals surface area contributed by atoms with Gasteiger partial charge < -0.3 is 0 Å². The van der Waals surface area contributed by atoms with Crippen LogP contribution in [0.2, 0.25) is 0 Å². The van der Waals surface area contributed by atoms with Crippen molar-refractivity contribution in [3.05, 3.63) is 25.9 Å². The molecule has 1 heteroatoms. The molecule has 1 heterocycles. The molecule has 1 saturated heterocycles. The maximum atomic E-state index is 6.76. The average molecular weight is 67.1 g/mol. The van der Waals surface area contributed by atoms with Crippen LogP contribution in [0.25, 0.3) is 0 Å². The summed E-state index contributed by atoms with van der Waals surface area (Å²) in [7, 11) is 0. The van der Waals surface area contributed by atoms with E-state index in [4.69, 9.17) is 1.37 Å². The SMILES string of the molecule is [2H][C]1[CH][CH][CH][N]1. The van der Waals surface area contributed by atoms with Crippen LogP contribution in [0.3, 0.4) is 0 Å². The molecule has 1 aliphatic rings. The summed E-state index contributed by atoms with van der Waals surface area (Å²) in [6.45, 7) is 1.94. The highest BCUT2D eigenvalue weighted by Gasteiger charge is 1.97. The quantitative estimate of drug-likeness (QED) is 0.388. The van der Waals surface area contributed by atoms with E-state index in [0.29, 0.717) is 6.52 Å². The van der Waals surface area contributed by atoms with Crippen molar-refractivity contribution in [2.24, 2.45) is 0 Å². The van der Waals surface area contributed by atoms with Gasteiger partial charge in [0.2, 0.25) is 0 Å². The lowest BCUT2D eigenvalue weighted by atomic mass is 10.4. The zero-order valence-corrected chi connectivity index (χ0v) is 2.68. The van der Waals surface area contributed by atoms with Crippen LogP contribution >= 0.6 is 0 Å². The lowest BCUT2D eigenvalue weighted by Gasteiger charge is -1.69. The van der Waals surface area contributed by atoms with Gasteiger partial charge in [-0.25, -0.2) is 5.32 Å². The van der Waals surface area contributed by atoms with Gasteiger partial charge in [0.05, 0.1) is 1.37 Å². The van der Waals surface area contributed by atoms with Gasteiger partial charge >= 0.3 is 0 Å². The van der Waals surface area contributed by atoms with E-state index in [1.807, 2.05) is 0 Å². The summed E-state index contributed by atoms with van der Waals surface area (Å²) in [5, 5.41) is 3.58. The summed E-state index contributed by atoms with van der Waals surface area (Å²) in [6.07, 6.45) is 3.38. The summed E-state index contributed by atoms with van der Waals surface area (Å²) in [6, 6.07) is 0. The normalized spacial score (nSPS) is 30.8. The molecule has 0 bridgehead atoms. The highest BCUT2D eigenvalue weighted by molar-refractivity contribution is 5.10.